The molecule has 1 aliphatic heterocycles. The molecule has 0 fully saturated rings. The number of amides is 1. The Balaban J connectivity index is 1.52. The number of fused-ring (bicyclic) bond motifs is 2. The van der Waals surface area contributed by atoms with Crippen LogP contribution in [0.15, 0.2) is 60.8 Å². The van der Waals surface area contributed by atoms with Crippen molar-refractivity contribution in [2.75, 3.05) is 42.8 Å². The molecule has 10 heteroatoms. The van der Waals surface area contributed by atoms with Crippen molar-refractivity contribution in [2.24, 2.45) is 0 Å². The lowest BCUT2D eigenvalue weighted by atomic mass is 10.0. The van der Waals surface area contributed by atoms with Gasteiger partial charge in [0, 0.05) is 42.5 Å². The minimum atomic E-state index is -0.281. The topological polar surface area (TPSA) is 106 Å². The largest absolute Gasteiger partial charge is 0.492 e. The van der Waals surface area contributed by atoms with E-state index in [0.717, 1.165) is 23.6 Å². The number of rotatable bonds is 10. The summed E-state index contributed by atoms with van der Waals surface area (Å²) in [5.41, 5.74) is 6.70. The number of likely N-dealkylation sites (N-methyl/N-ethyl adjacent to an activating group) is 1. The van der Waals surface area contributed by atoms with E-state index in [-0.39, 0.29) is 5.91 Å². The Kier molecular flexibility index (Phi) is 9.10. The number of nitrogens with zero attached hydrogens (tertiary/aromatic N) is 5. The first-order valence-corrected chi connectivity index (χ1v) is 14.6. The SMILES string of the molecule is CCOc1cc2nc(CC)c(C#N)c(Nc3ccc(N4Cc5cccnc5C4)c(Cl)c3)c2cc1NC(=O)/C=C/CN(C)C. The van der Waals surface area contributed by atoms with E-state index in [1.54, 1.807) is 18.2 Å². The Morgan fingerprint density at radius 2 is 2.05 bits per heavy atom. The van der Waals surface area contributed by atoms with Crippen molar-refractivity contribution in [3.63, 3.8) is 0 Å². The van der Waals surface area contributed by atoms with Gasteiger partial charge in [-0.25, -0.2) is 0 Å². The van der Waals surface area contributed by atoms with Crippen molar-refractivity contribution in [3.05, 3.63) is 88.4 Å². The number of hydrogen-bond donors (Lipinski definition) is 2. The number of nitriles is 1. The van der Waals surface area contributed by atoms with Gasteiger partial charge in [-0.15, -0.1) is 0 Å². The Morgan fingerprint density at radius 1 is 1.21 bits per heavy atom. The Hall–Kier alpha value is -4.65. The zero-order chi connectivity index (χ0) is 30.5. The average Bonchev–Trinajstić information content (AvgIpc) is 3.41. The van der Waals surface area contributed by atoms with E-state index in [1.807, 2.05) is 63.3 Å². The van der Waals surface area contributed by atoms with Crippen LogP contribution in [0.25, 0.3) is 10.9 Å². The molecule has 0 bridgehead atoms. The van der Waals surface area contributed by atoms with Crippen molar-refractivity contribution in [1.29, 1.82) is 5.26 Å². The molecule has 5 rings (SSSR count). The number of aryl methyl sites for hydroxylation is 1. The minimum absolute atomic E-state index is 0.281. The molecule has 0 unspecified atom stereocenters. The maximum Gasteiger partial charge on any atom is 0.248 e. The third-order valence-electron chi connectivity index (χ3n) is 7.15. The van der Waals surface area contributed by atoms with Crippen molar-refractivity contribution >= 4 is 51.2 Å². The van der Waals surface area contributed by atoms with Gasteiger partial charge < -0.3 is 25.2 Å². The predicted molar refractivity (Wildman–Crippen MR) is 172 cm³/mol. The summed E-state index contributed by atoms with van der Waals surface area (Å²) in [4.78, 5) is 26.2. The smallest absolute Gasteiger partial charge is 0.248 e. The number of pyridine rings is 2. The van der Waals surface area contributed by atoms with Crippen LogP contribution in [0.5, 0.6) is 5.75 Å². The third-order valence-corrected chi connectivity index (χ3v) is 7.45. The van der Waals surface area contributed by atoms with E-state index in [0.29, 0.717) is 70.4 Å². The van der Waals surface area contributed by atoms with Crippen molar-refractivity contribution in [2.45, 2.75) is 33.4 Å². The van der Waals surface area contributed by atoms with Crippen LogP contribution in [-0.2, 0) is 24.3 Å². The molecule has 220 valence electrons. The summed E-state index contributed by atoms with van der Waals surface area (Å²) in [6.45, 7) is 6.33. The second-order valence-electron chi connectivity index (χ2n) is 10.5. The van der Waals surface area contributed by atoms with E-state index in [9.17, 15) is 10.1 Å². The lowest BCUT2D eigenvalue weighted by molar-refractivity contribution is -0.111. The van der Waals surface area contributed by atoms with Crippen LogP contribution in [0.2, 0.25) is 5.02 Å². The van der Waals surface area contributed by atoms with Gasteiger partial charge in [-0.05, 0) is 63.3 Å². The highest BCUT2D eigenvalue weighted by atomic mass is 35.5. The molecule has 9 nitrogen and oxygen atoms in total. The van der Waals surface area contributed by atoms with Gasteiger partial charge in [-0.2, -0.15) is 5.26 Å². The molecule has 2 aromatic heterocycles. The fraction of sp³-hybridized carbons (Fsp3) is 0.273. The second-order valence-corrected chi connectivity index (χ2v) is 10.9. The second kappa shape index (κ2) is 13.1. The van der Waals surface area contributed by atoms with Crippen molar-refractivity contribution < 1.29 is 9.53 Å². The molecular weight excluding hydrogens is 562 g/mol. The quantitative estimate of drug-likeness (QED) is 0.202. The van der Waals surface area contributed by atoms with Gasteiger partial charge in [0.1, 0.15) is 11.8 Å². The number of aromatic nitrogens is 2. The van der Waals surface area contributed by atoms with Crippen LogP contribution in [-0.4, -0.2) is 48.0 Å². The van der Waals surface area contributed by atoms with Gasteiger partial charge in [0.05, 0.1) is 57.7 Å². The van der Waals surface area contributed by atoms with E-state index in [1.165, 1.54) is 11.6 Å². The zero-order valence-corrected chi connectivity index (χ0v) is 25.5. The first-order chi connectivity index (χ1) is 20.8. The molecule has 0 saturated heterocycles. The van der Waals surface area contributed by atoms with E-state index >= 15 is 0 Å². The summed E-state index contributed by atoms with van der Waals surface area (Å²) in [5, 5.41) is 17.9. The van der Waals surface area contributed by atoms with Gasteiger partial charge in [0.15, 0.2) is 0 Å². The first kappa shape index (κ1) is 29.8. The van der Waals surface area contributed by atoms with Crippen LogP contribution in [0.1, 0.15) is 36.4 Å². The highest BCUT2D eigenvalue weighted by molar-refractivity contribution is 6.33. The van der Waals surface area contributed by atoms with Gasteiger partial charge >= 0.3 is 0 Å². The Bertz CT molecular complexity index is 1720. The maximum absolute atomic E-state index is 12.8. The number of ether oxygens (including phenoxy) is 1. The zero-order valence-electron chi connectivity index (χ0n) is 24.7. The molecule has 1 amide bonds. The van der Waals surface area contributed by atoms with Gasteiger partial charge in [-0.1, -0.05) is 30.7 Å². The summed E-state index contributed by atoms with van der Waals surface area (Å²) in [5.74, 6) is 0.222. The van der Waals surface area contributed by atoms with Crippen molar-refractivity contribution in [3.8, 4) is 11.8 Å². The van der Waals surface area contributed by atoms with Crippen molar-refractivity contribution in [1.82, 2.24) is 14.9 Å². The molecule has 2 N–H and O–H groups in total. The number of nitrogens with one attached hydrogen (secondary N) is 2. The molecule has 1 aliphatic rings. The number of carbonyl (C=O) groups is 1. The summed E-state index contributed by atoms with van der Waals surface area (Å²) in [6, 6.07) is 15.8. The predicted octanol–water partition coefficient (Wildman–Crippen LogP) is 6.44. The molecule has 4 aromatic rings. The van der Waals surface area contributed by atoms with Crippen LogP contribution in [0, 0.1) is 11.3 Å². The summed E-state index contributed by atoms with van der Waals surface area (Å²) >= 11 is 6.82. The van der Waals surface area contributed by atoms with Gasteiger partial charge in [-0.3, -0.25) is 14.8 Å². The number of anilines is 4. The van der Waals surface area contributed by atoms with E-state index < -0.39 is 0 Å². The average molecular weight is 596 g/mol. The monoisotopic (exact) mass is 595 g/mol. The van der Waals surface area contributed by atoms with Crippen LogP contribution in [0.3, 0.4) is 0 Å². The maximum atomic E-state index is 12.8. The first-order valence-electron chi connectivity index (χ1n) is 14.2. The number of hydrogen-bond acceptors (Lipinski definition) is 8. The van der Waals surface area contributed by atoms with Crippen LogP contribution >= 0.6 is 11.6 Å². The standard InChI is InChI=1S/C33H34ClN7O2/c1-5-26-24(18-35)33(37-22-11-12-30(25(34)15-22)41-19-21-9-7-13-36-29(21)20-41)23-16-28(31(43-6-2)17-27(23)38-26)39-32(42)10-8-14-40(3)4/h7-13,15-17H,5-6,14,19-20H2,1-4H3,(H,37,38)(H,39,42)/b10-8+. The fourth-order valence-electron chi connectivity index (χ4n) is 5.12. The van der Waals surface area contributed by atoms with Gasteiger partial charge in [0.2, 0.25) is 5.91 Å². The lowest BCUT2D eigenvalue weighted by Gasteiger charge is -2.21. The number of benzene rings is 2. The van der Waals surface area contributed by atoms with E-state index in [2.05, 4.69) is 32.7 Å². The molecule has 0 saturated carbocycles. The molecule has 0 atom stereocenters. The fourth-order valence-corrected chi connectivity index (χ4v) is 5.42. The molecular formula is C33H34ClN7O2. The normalized spacial score (nSPS) is 12.5. The molecule has 0 aliphatic carbocycles. The Morgan fingerprint density at radius 3 is 2.74 bits per heavy atom. The molecule has 2 aromatic carbocycles. The summed E-state index contributed by atoms with van der Waals surface area (Å²) < 4.78 is 5.88. The highest BCUT2D eigenvalue weighted by Crippen LogP contribution is 2.39. The summed E-state index contributed by atoms with van der Waals surface area (Å²) in [6.07, 6.45) is 5.66. The molecule has 43 heavy (non-hydrogen) atoms. The van der Waals surface area contributed by atoms with E-state index in [4.69, 9.17) is 21.3 Å². The van der Waals surface area contributed by atoms with Crippen LogP contribution < -0.4 is 20.3 Å². The minimum Gasteiger partial charge on any atom is -0.492 e. The van der Waals surface area contributed by atoms with Crippen LogP contribution in [0.4, 0.5) is 22.7 Å². The third kappa shape index (κ3) is 6.56. The van der Waals surface area contributed by atoms with Gasteiger partial charge in [0.25, 0.3) is 0 Å². The Labute approximate surface area is 256 Å². The lowest BCUT2D eigenvalue weighted by Crippen LogP contribution is -2.15. The number of halogens is 1. The highest BCUT2D eigenvalue weighted by Gasteiger charge is 2.23. The molecule has 3 heterocycles. The molecule has 0 spiro atoms. The number of carbonyl (C=O) groups excluding carboxylic acids is 1. The summed E-state index contributed by atoms with van der Waals surface area (Å²) in [7, 11) is 3.86. The molecule has 0 radical (unpaired) electrons.